The molecule has 12 nitrogen and oxygen atoms in total. The Morgan fingerprint density at radius 1 is 0.655 bits per heavy atom. The van der Waals surface area contributed by atoms with E-state index >= 15 is 0 Å². The maximum atomic E-state index is 13.2. The molecule has 2 unspecified atom stereocenters. The molecule has 0 saturated heterocycles. The van der Waals surface area contributed by atoms with Gasteiger partial charge in [0.25, 0.3) is 11.8 Å². The summed E-state index contributed by atoms with van der Waals surface area (Å²) in [7, 11) is 3.11. The van der Waals surface area contributed by atoms with Crippen LogP contribution in [0.3, 0.4) is 0 Å². The molecular formula is C44H44Cl2N2O10. The first-order valence-corrected chi connectivity index (χ1v) is 19.0. The van der Waals surface area contributed by atoms with Gasteiger partial charge in [-0.2, -0.15) is 0 Å². The number of fused-ring (bicyclic) bond motifs is 2. The zero-order chi connectivity index (χ0) is 42.3. The highest BCUT2D eigenvalue weighted by atomic mass is 35.5. The smallest absolute Gasteiger partial charge is 0.310 e. The number of hydrogen-bond acceptors (Lipinski definition) is 10. The summed E-state index contributed by atoms with van der Waals surface area (Å²) in [5, 5.41) is 21.0. The maximum Gasteiger partial charge on any atom is 0.310 e. The number of ether oxygens (including phenoxy) is 4. The number of carbonyl (C=O) groups is 4. The summed E-state index contributed by atoms with van der Waals surface area (Å²) in [5.41, 5.74) is 4.93. The predicted molar refractivity (Wildman–Crippen MR) is 222 cm³/mol. The van der Waals surface area contributed by atoms with Crippen molar-refractivity contribution in [1.29, 1.82) is 0 Å². The van der Waals surface area contributed by atoms with Gasteiger partial charge >= 0.3 is 11.9 Å². The Balaban J connectivity index is 0.000000221. The van der Waals surface area contributed by atoms with E-state index in [1.807, 2.05) is 0 Å². The van der Waals surface area contributed by atoms with Crippen LogP contribution in [0, 0.1) is 13.8 Å². The molecule has 2 N–H and O–H groups in total. The average molecular weight is 832 g/mol. The van der Waals surface area contributed by atoms with Crippen LogP contribution in [0.15, 0.2) is 84.9 Å². The van der Waals surface area contributed by atoms with Crippen LogP contribution in [0.5, 0.6) is 11.5 Å². The maximum absolute atomic E-state index is 13.2. The van der Waals surface area contributed by atoms with Crippen LogP contribution in [0.2, 0.25) is 10.0 Å². The fourth-order valence-corrected chi connectivity index (χ4v) is 6.70. The first-order valence-electron chi connectivity index (χ1n) is 18.3. The number of rotatable bonds is 12. The standard InChI is InChI=1S/2C22H22ClNO5/c1-13(25)12-29-21(26)11-18-14(2)24(20-9-8-17(28-3)10-19(18)20)22(27)15-4-6-16(23)7-5-15;1-13(12-25)29-21(26)11-18-14(2)24(20-9-8-17(28-3)10-19(18)20)22(27)15-4-6-16(23)7-5-15/h2*4-10,13,25H,11-12H2,1-3H3. The predicted octanol–water partition coefficient (Wildman–Crippen LogP) is 7.53. The Kier molecular flexibility index (Phi) is 14.4. The summed E-state index contributed by atoms with van der Waals surface area (Å²) < 4.78 is 24.1. The molecule has 0 bridgehead atoms. The number of aliphatic hydroxyl groups is 2. The summed E-state index contributed by atoms with van der Waals surface area (Å²) in [6, 6.07) is 24.0. The summed E-state index contributed by atoms with van der Waals surface area (Å²) in [4.78, 5) is 51.0. The molecule has 4 aromatic carbocycles. The molecule has 0 aliphatic heterocycles. The van der Waals surface area contributed by atoms with Gasteiger partial charge in [0.1, 0.15) is 24.2 Å². The second-order valence-electron chi connectivity index (χ2n) is 13.6. The van der Waals surface area contributed by atoms with Crippen molar-refractivity contribution in [2.75, 3.05) is 27.4 Å². The summed E-state index contributed by atoms with van der Waals surface area (Å²) in [6.07, 6.45) is -1.39. The average Bonchev–Trinajstić information content (AvgIpc) is 3.64. The van der Waals surface area contributed by atoms with Crippen LogP contribution in [0.4, 0.5) is 0 Å². The molecule has 0 fully saturated rings. The van der Waals surface area contributed by atoms with E-state index in [1.165, 1.54) is 0 Å². The molecule has 304 valence electrons. The van der Waals surface area contributed by atoms with Gasteiger partial charge in [0.2, 0.25) is 0 Å². The Hall–Kier alpha value is -5.66. The van der Waals surface area contributed by atoms with Crippen LogP contribution in [0.25, 0.3) is 21.8 Å². The van der Waals surface area contributed by atoms with Gasteiger partial charge in [-0.3, -0.25) is 28.3 Å². The monoisotopic (exact) mass is 830 g/mol. The molecule has 0 saturated carbocycles. The quantitative estimate of drug-likeness (QED) is 0.118. The third-order valence-corrected chi connectivity index (χ3v) is 9.89. The van der Waals surface area contributed by atoms with E-state index < -0.39 is 24.1 Å². The SMILES string of the molecule is COc1ccc2c(c1)c(CC(=O)OC(C)CO)c(C)n2C(=O)c1ccc(Cl)cc1.COc1ccc2c(c1)c(CC(=O)OCC(C)O)c(C)n2C(=O)c1ccc(Cl)cc1. The van der Waals surface area contributed by atoms with Crippen LogP contribution in [0.1, 0.15) is 57.1 Å². The lowest BCUT2D eigenvalue weighted by Gasteiger charge is -2.11. The number of esters is 2. The van der Waals surface area contributed by atoms with E-state index in [0.29, 0.717) is 66.2 Å². The fourth-order valence-electron chi connectivity index (χ4n) is 6.45. The first kappa shape index (κ1) is 43.5. The topological polar surface area (TPSA) is 156 Å². The number of nitrogens with zero attached hydrogens (tertiary/aromatic N) is 2. The first-order chi connectivity index (χ1) is 27.7. The Morgan fingerprint density at radius 2 is 1.07 bits per heavy atom. The number of halogens is 2. The van der Waals surface area contributed by atoms with Crippen molar-refractivity contribution in [1.82, 2.24) is 9.13 Å². The van der Waals surface area contributed by atoms with Gasteiger partial charge in [-0.1, -0.05) is 23.2 Å². The lowest BCUT2D eigenvalue weighted by molar-refractivity contribution is -0.149. The molecule has 0 amide bonds. The van der Waals surface area contributed by atoms with Crippen molar-refractivity contribution in [3.8, 4) is 11.5 Å². The van der Waals surface area contributed by atoms with E-state index in [4.69, 9.17) is 47.3 Å². The van der Waals surface area contributed by atoms with E-state index in [0.717, 1.165) is 10.8 Å². The lowest BCUT2D eigenvalue weighted by atomic mass is 10.1. The van der Waals surface area contributed by atoms with Crippen molar-refractivity contribution in [2.24, 2.45) is 0 Å². The van der Waals surface area contributed by atoms with Crippen molar-refractivity contribution in [3.05, 3.63) is 129 Å². The number of methoxy groups -OCH3 is 2. The molecule has 2 heterocycles. The van der Waals surface area contributed by atoms with Gasteiger partial charge in [-0.15, -0.1) is 0 Å². The van der Waals surface area contributed by atoms with E-state index in [2.05, 4.69) is 0 Å². The molecule has 0 radical (unpaired) electrons. The normalized spacial score (nSPS) is 12.0. The molecular weight excluding hydrogens is 787 g/mol. The Morgan fingerprint density at radius 3 is 1.45 bits per heavy atom. The van der Waals surface area contributed by atoms with Crippen molar-refractivity contribution < 1.29 is 48.3 Å². The minimum absolute atomic E-state index is 0.0247. The number of aromatic nitrogens is 2. The van der Waals surface area contributed by atoms with Crippen molar-refractivity contribution in [3.63, 3.8) is 0 Å². The minimum Gasteiger partial charge on any atom is -0.497 e. The Bertz CT molecular complexity index is 2450. The molecule has 0 spiro atoms. The van der Waals surface area contributed by atoms with Gasteiger partial charge in [-0.05, 0) is 124 Å². The zero-order valence-corrected chi connectivity index (χ0v) is 34.4. The Labute approximate surface area is 345 Å². The van der Waals surface area contributed by atoms with E-state index in [1.54, 1.807) is 136 Å². The van der Waals surface area contributed by atoms with Crippen molar-refractivity contribution in [2.45, 2.75) is 52.7 Å². The van der Waals surface area contributed by atoms with Gasteiger partial charge in [0.15, 0.2) is 0 Å². The summed E-state index contributed by atoms with van der Waals surface area (Å²) in [6.45, 7) is 6.40. The number of benzene rings is 4. The highest BCUT2D eigenvalue weighted by molar-refractivity contribution is 6.31. The van der Waals surface area contributed by atoms with Gasteiger partial charge in [-0.25, -0.2) is 0 Å². The van der Waals surface area contributed by atoms with Crippen molar-refractivity contribution >= 4 is 68.8 Å². The van der Waals surface area contributed by atoms with E-state index in [9.17, 15) is 24.3 Å². The van der Waals surface area contributed by atoms with E-state index in [-0.39, 0.29) is 37.9 Å². The lowest BCUT2D eigenvalue weighted by Crippen LogP contribution is -2.20. The molecule has 2 aromatic heterocycles. The highest BCUT2D eigenvalue weighted by Crippen LogP contribution is 2.33. The number of hydrogen-bond donors (Lipinski definition) is 2. The third kappa shape index (κ3) is 9.89. The minimum atomic E-state index is -0.743. The number of carbonyl (C=O) groups excluding carboxylic acids is 4. The second kappa shape index (κ2) is 19.2. The molecule has 6 rings (SSSR count). The molecule has 2 atom stereocenters. The zero-order valence-electron chi connectivity index (χ0n) is 32.9. The molecule has 14 heteroatoms. The molecule has 0 aliphatic rings. The molecule has 58 heavy (non-hydrogen) atoms. The molecule has 6 aromatic rings. The van der Waals surface area contributed by atoms with Crippen LogP contribution >= 0.6 is 23.2 Å². The summed E-state index contributed by atoms with van der Waals surface area (Å²) in [5.74, 6) is -0.167. The largest absolute Gasteiger partial charge is 0.497 e. The number of aliphatic hydroxyl groups excluding tert-OH is 2. The van der Waals surface area contributed by atoms with Crippen LogP contribution < -0.4 is 9.47 Å². The van der Waals surface area contributed by atoms with Crippen LogP contribution in [-0.2, 0) is 31.9 Å². The third-order valence-electron chi connectivity index (χ3n) is 9.39. The van der Waals surface area contributed by atoms with Gasteiger partial charge < -0.3 is 29.2 Å². The summed E-state index contributed by atoms with van der Waals surface area (Å²) >= 11 is 11.9. The van der Waals surface area contributed by atoms with Crippen LogP contribution in [-0.4, -0.2) is 82.7 Å². The second-order valence-corrected chi connectivity index (χ2v) is 14.4. The van der Waals surface area contributed by atoms with Gasteiger partial charge in [0, 0.05) is 43.3 Å². The molecule has 0 aliphatic carbocycles. The van der Waals surface area contributed by atoms with Gasteiger partial charge in [0.05, 0.1) is 50.8 Å². The highest BCUT2D eigenvalue weighted by Gasteiger charge is 2.24. The fraction of sp³-hybridized carbons (Fsp3) is 0.273.